The second kappa shape index (κ2) is 5.16. The number of benzene rings is 1. The first-order valence-electron chi connectivity index (χ1n) is 6.20. The molecule has 0 unspecified atom stereocenters. The van der Waals surface area contributed by atoms with Gasteiger partial charge in [0.15, 0.2) is 0 Å². The number of hydrogen-bond acceptors (Lipinski definition) is 5. The lowest BCUT2D eigenvalue weighted by Crippen LogP contribution is -2.15. The second-order valence-electron chi connectivity index (χ2n) is 4.35. The van der Waals surface area contributed by atoms with E-state index in [4.69, 9.17) is 0 Å². The average molecular weight is 281 g/mol. The van der Waals surface area contributed by atoms with Gasteiger partial charge in [0.25, 0.3) is 5.78 Å². The Kier molecular flexibility index (Phi) is 3.19. The molecule has 21 heavy (non-hydrogen) atoms. The molecule has 0 radical (unpaired) electrons. The number of carbonyl (C=O) groups excluding carboxylic acids is 2. The fourth-order valence-corrected chi connectivity index (χ4v) is 2.19. The predicted octanol–water partition coefficient (Wildman–Crippen LogP) is 1.78. The Hall–Kier alpha value is -3.02. The van der Waals surface area contributed by atoms with E-state index >= 15 is 0 Å². The molecule has 3 aromatic rings. The van der Waals surface area contributed by atoms with Crippen molar-refractivity contribution in [3.63, 3.8) is 0 Å². The number of ether oxygens (including phenoxy) is 1. The molecule has 0 atom stereocenters. The molecule has 0 aliphatic carbocycles. The van der Waals surface area contributed by atoms with Gasteiger partial charge in [-0.15, -0.1) is 0 Å². The largest absolute Gasteiger partial charge is 0.463 e. The summed E-state index contributed by atoms with van der Waals surface area (Å²) in [6, 6.07) is 7.31. The third-order valence-electron chi connectivity index (χ3n) is 3.15. The Morgan fingerprint density at radius 3 is 2.57 bits per heavy atom. The van der Waals surface area contributed by atoms with Gasteiger partial charge >= 0.3 is 5.97 Å². The number of para-hydroxylation sites is 1. The number of rotatable bonds is 3. The van der Waals surface area contributed by atoms with Crippen LogP contribution in [0.25, 0.3) is 16.6 Å². The van der Waals surface area contributed by atoms with Crippen LogP contribution in [-0.4, -0.2) is 33.4 Å². The smallest absolute Gasteiger partial charge is 0.379 e. The first-order valence-corrected chi connectivity index (χ1v) is 6.20. The number of carbonyl (C=O) groups is 2. The van der Waals surface area contributed by atoms with Crippen molar-refractivity contribution in [1.82, 2.24) is 14.5 Å². The number of methoxy groups -OCH3 is 1. The third-order valence-corrected chi connectivity index (χ3v) is 3.15. The Morgan fingerprint density at radius 2 is 1.86 bits per heavy atom. The van der Waals surface area contributed by atoms with Crippen LogP contribution in [0.2, 0.25) is 0 Å². The number of ketones is 1. The maximum atomic E-state index is 12.1. The van der Waals surface area contributed by atoms with E-state index in [0.29, 0.717) is 16.6 Å². The molecule has 0 N–H and O–H groups in total. The molecule has 2 heterocycles. The highest BCUT2D eigenvalue weighted by atomic mass is 16.5. The summed E-state index contributed by atoms with van der Waals surface area (Å²) in [6.45, 7) is 0. The molecule has 104 valence electrons. The minimum absolute atomic E-state index is 0.293. The van der Waals surface area contributed by atoms with Crippen LogP contribution in [0.3, 0.4) is 0 Å². The first kappa shape index (κ1) is 13.0. The summed E-state index contributed by atoms with van der Waals surface area (Å²) in [7, 11) is 1.18. The molecule has 6 heteroatoms. The molecular weight excluding hydrogens is 270 g/mol. The van der Waals surface area contributed by atoms with Gasteiger partial charge < -0.3 is 9.30 Å². The van der Waals surface area contributed by atoms with Crippen molar-refractivity contribution in [1.29, 1.82) is 0 Å². The molecule has 0 saturated heterocycles. The van der Waals surface area contributed by atoms with Crippen LogP contribution >= 0.6 is 0 Å². The first-order chi connectivity index (χ1) is 10.2. The molecule has 0 aliphatic heterocycles. The summed E-state index contributed by atoms with van der Waals surface area (Å²) in [5, 5.41) is 0.678. The molecule has 0 amide bonds. The Morgan fingerprint density at radius 1 is 1.14 bits per heavy atom. The highest BCUT2D eigenvalue weighted by molar-refractivity contribution is 6.43. The monoisotopic (exact) mass is 281 g/mol. The van der Waals surface area contributed by atoms with E-state index in [0.717, 1.165) is 5.52 Å². The Labute approximate surface area is 120 Å². The van der Waals surface area contributed by atoms with Crippen molar-refractivity contribution in [2.75, 3.05) is 7.11 Å². The quantitative estimate of drug-likeness (QED) is 0.415. The molecule has 3 rings (SSSR count). The molecule has 2 aromatic heterocycles. The van der Waals surface area contributed by atoms with Gasteiger partial charge in [0.05, 0.1) is 36.3 Å². The van der Waals surface area contributed by atoms with E-state index in [2.05, 4.69) is 14.7 Å². The summed E-state index contributed by atoms with van der Waals surface area (Å²) in [4.78, 5) is 31.5. The van der Waals surface area contributed by atoms with Crippen LogP contribution in [0.15, 0.2) is 49.2 Å². The van der Waals surface area contributed by atoms with Crippen molar-refractivity contribution in [2.45, 2.75) is 0 Å². The van der Waals surface area contributed by atoms with Crippen LogP contribution < -0.4 is 0 Å². The number of fused-ring (bicyclic) bond motifs is 1. The highest BCUT2D eigenvalue weighted by Crippen LogP contribution is 2.24. The van der Waals surface area contributed by atoms with E-state index in [-0.39, 0.29) is 0 Å². The van der Waals surface area contributed by atoms with Crippen LogP contribution in [0.4, 0.5) is 0 Å². The lowest BCUT2D eigenvalue weighted by atomic mass is 10.1. The topological polar surface area (TPSA) is 74.1 Å². The van der Waals surface area contributed by atoms with Crippen molar-refractivity contribution in [3.8, 4) is 5.69 Å². The average Bonchev–Trinajstić information content (AvgIpc) is 2.94. The van der Waals surface area contributed by atoms with Crippen molar-refractivity contribution in [2.24, 2.45) is 0 Å². The second-order valence-corrected chi connectivity index (χ2v) is 4.35. The zero-order chi connectivity index (χ0) is 14.8. The maximum absolute atomic E-state index is 12.1. The summed E-state index contributed by atoms with van der Waals surface area (Å²) < 4.78 is 6.28. The van der Waals surface area contributed by atoms with Crippen LogP contribution in [0.1, 0.15) is 10.4 Å². The lowest BCUT2D eigenvalue weighted by molar-refractivity contribution is -0.135. The maximum Gasteiger partial charge on any atom is 0.379 e. The molecule has 0 spiro atoms. The van der Waals surface area contributed by atoms with E-state index in [1.807, 2.05) is 18.2 Å². The minimum Gasteiger partial charge on any atom is -0.463 e. The molecule has 0 saturated carbocycles. The normalized spacial score (nSPS) is 10.5. The van der Waals surface area contributed by atoms with E-state index in [9.17, 15) is 9.59 Å². The molecule has 1 aromatic carbocycles. The van der Waals surface area contributed by atoms with Crippen molar-refractivity contribution >= 4 is 22.7 Å². The van der Waals surface area contributed by atoms with Gasteiger partial charge in [0.1, 0.15) is 6.33 Å². The fraction of sp³-hybridized carbons (Fsp3) is 0.0667. The van der Waals surface area contributed by atoms with Gasteiger partial charge in [-0.05, 0) is 6.07 Å². The van der Waals surface area contributed by atoms with Gasteiger partial charge in [-0.2, -0.15) is 0 Å². The number of aromatic nitrogens is 3. The zero-order valence-electron chi connectivity index (χ0n) is 11.2. The number of Topliss-reactive ketones (excluding diaryl/α,β-unsaturated/α-hetero) is 1. The van der Waals surface area contributed by atoms with Crippen LogP contribution in [0, 0.1) is 0 Å². The molecule has 6 nitrogen and oxygen atoms in total. The SMILES string of the molecule is COC(=O)C(=O)c1cn(-c2cncnc2)c2ccccc12. The van der Waals surface area contributed by atoms with Gasteiger partial charge in [0.2, 0.25) is 0 Å². The van der Waals surface area contributed by atoms with Gasteiger partial charge in [-0.1, -0.05) is 18.2 Å². The molecule has 0 fully saturated rings. The zero-order valence-corrected chi connectivity index (χ0v) is 11.2. The molecule has 0 aliphatic rings. The van der Waals surface area contributed by atoms with E-state index in [1.54, 1.807) is 29.2 Å². The standard InChI is InChI=1S/C15H11N3O3/c1-21-15(20)14(19)12-8-18(10-6-16-9-17-7-10)13-5-3-2-4-11(12)13/h2-9H,1H3. The Bertz CT molecular complexity index is 825. The number of hydrogen-bond donors (Lipinski definition) is 0. The Balaban J connectivity index is 2.24. The van der Waals surface area contributed by atoms with Gasteiger partial charge in [-0.25, -0.2) is 14.8 Å². The number of nitrogens with zero attached hydrogens (tertiary/aromatic N) is 3. The van der Waals surface area contributed by atoms with Crippen molar-refractivity contribution < 1.29 is 14.3 Å². The molecule has 0 bridgehead atoms. The van der Waals surface area contributed by atoms with Crippen LogP contribution in [0.5, 0.6) is 0 Å². The van der Waals surface area contributed by atoms with Crippen LogP contribution in [-0.2, 0) is 9.53 Å². The van der Waals surface area contributed by atoms with Gasteiger partial charge in [-0.3, -0.25) is 4.79 Å². The summed E-state index contributed by atoms with van der Waals surface area (Å²) >= 11 is 0. The summed E-state index contributed by atoms with van der Waals surface area (Å²) in [5.74, 6) is -1.56. The predicted molar refractivity (Wildman–Crippen MR) is 75.2 cm³/mol. The van der Waals surface area contributed by atoms with Gasteiger partial charge in [0, 0.05) is 11.6 Å². The highest BCUT2D eigenvalue weighted by Gasteiger charge is 2.22. The summed E-state index contributed by atoms with van der Waals surface area (Å²) in [5.41, 5.74) is 1.79. The lowest BCUT2D eigenvalue weighted by Gasteiger charge is -2.02. The van der Waals surface area contributed by atoms with E-state index in [1.165, 1.54) is 13.4 Å². The van der Waals surface area contributed by atoms with E-state index < -0.39 is 11.8 Å². The molecular formula is C15H11N3O3. The van der Waals surface area contributed by atoms with Crippen molar-refractivity contribution in [3.05, 3.63) is 54.7 Å². The number of esters is 1. The fourth-order valence-electron chi connectivity index (χ4n) is 2.19. The minimum atomic E-state index is -0.887. The summed E-state index contributed by atoms with van der Waals surface area (Å²) in [6.07, 6.45) is 6.29. The third kappa shape index (κ3) is 2.16.